The van der Waals surface area contributed by atoms with Crippen LogP contribution in [0.1, 0.15) is 44.9 Å². The highest BCUT2D eigenvalue weighted by atomic mass is 32.2. The van der Waals surface area contributed by atoms with Crippen molar-refractivity contribution in [2.75, 3.05) is 25.9 Å². The van der Waals surface area contributed by atoms with Crippen LogP contribution in [0, 0.1) is 0 Å². The summed E-state index contributed by atoms with van der Waals surface area (Å²) in [5, 5.41) is 10.4. The molecule has 6 heteroatoms. The molecule has 1 aliphatic heterocycles. The van der Waals surface area contributed by atoms with E-state index in [0.717, 1.165) is 25.3 Å². The van der Waals surface area contributed by atoms with Crippen molar-refractivity contribution in [2.45, 2.75) is 56.2 Å². The van der Waals surface area contributed by atoms with Crippen LogP contribution in [0.4, 0.5) is 0 Å². The predicted molar refractivity (Wildman–Crippen MR) is 89.9 cm³/mol. The molecule has 1 heterocycles. The zero-order chi connectivity index (χ0) is 14.9. The highest BCUT2D eigenvalue weighted by Crippen LogP contribution is 2.25. The maximum absolute atomic E-state index is 11.8. The summed E-state index contributed by atoms with van der Waals surface area (Å²) in [6, 6.07) is 0.411. The number of hydrogen-bond donors (Lipinski definition) is 3. The molecule has 0 aromatic rings. The van der Waals surface area contributed by atoms with Gasteiger partial charge in [0.15, 0.2) is 5.96 Å². The van der Waals surface area contributed by atoms with E-state index in [1.54, 1.807) is 7.05 Å². The molecule has 1 amide bonds. The number of thioether (sulfide) groups is 1. The van der Waals surface area contributed by atoms with Crippen LogP contribution in [-0.2, 0) is 4.79 Å². The third kappa shape index (κ3) is 6.16. The molecule has 2 fully saturated rings. The molecule has 1 aliphatic carbocycles. The van der Waals surface area contributed by atoms with Gasteiger partial charge in [0.2, 0.25) is 5.91 Å². The molecular formula is C15H28N4OS. The Hall–Kier alpha value is -0.910. The molecular weight excluding hydrogens is 284 g/mol. The molecule has 0 aromatic heterocycles. The molecule has 3 N–H and O–H groups in total. The maximum atomic E-state index is 11.8. The van der Waals surface area contributed by atoms with Gasteiger partial charge >= 0.3 is 0 Å². The van der Waals surface area contributed by atoms with E-state index in [1.165, 1.54) is 31.4 Å². The zero-order valence-corrected chi connectivity index (χ0v) is 13.8. The Morgan fingerprint density at radius 2 is 2.00 bits per heavy atom. The molecule has 21 heavy (non-hydrogen) atoms. The first-order chi connectivity index (χ1) is 10.3. The third-order valence-electron chi connectivity index (χ3n) is 4.11. The largest absolute Gasteiger partial charge is 0.356 e. The highest BCUT2D eigenvalue weighted by molar-refractivity contribution is 8.00. The van der Waals surface area contributed by atoms with E-state index in [1.807, 2.05) is 11.8 Å². The summed E-state index contributed by atoms with van der Waals surface area (Å²) in [7, 11) is 1.77. The van der Waals surface area contributed by atoms with Gasteiger partial charge in [-0.15, -0.1) is 0 Å². The van der Waals surface area contributed by atoms with Crippen LogP contribution in [0.5, 0.6) is 0 Å². The summed E-state index contributed by atoms with van der Waals surface area (Å²) in [4.78, 5) is 16.0. The first-order valence-corrected chi connectivity index (χ1v) is 9.18. The molecule has 1 saturated carbocycles. The van der Waals surface area contributed by atoms with Crippen LogP contribution >= 0.6 is 11.8 Å². The summed E-state index contributed by atoms with van der Waals surface area (Å²) < 4.78 is 0. The van der Waals surface area contributed by atoms with Crippen LogP contribution in [-0.4, -0.2) is 49.0 Å². The molecule has 5 nitrogen and oxygen atoms in total. The molecule has 2 rings (SSSR count). The lowest BCUT2D eigenvalue weighted by Crippen LogP contribution is -2.42. The minimum atomic E-state index is 0.149. The average molecular weight is 312 g/mol. The fraction of sp³-hybridized carbons (Fsp3) is 0.867. The monoisotopic (exact) mass is 312 g/mol. The van der Waals surface area contributed by atoms with Crippen molar-refractivity contribution in [1.29, 1.82) is 0 Å². The van der Waals surface area contributed by atoms with Crippen LogP contribution in [0.3, 0.4) is 0 Å². The second-order valence-corrected chi connectivity index (χ2v) is 7.22. The number of aliphatic imine (C=N–C) groups is 1. The quantitative estimate of drug-likeness (QED) is 0.514. The van der Waals surface area contributed by atoms with Crippen LogP contribution in [0.25, 0.3) is 0 Å². The van der Waals surface area contributed by atoms with Gasteiger partial charge in [-0.25, -0.2) is 0 Å². The van der Waals surface area contributed by atoms with Crippen molar-refractivity contribution in [2.24, 2.45) is 4.99 Å². The van der Waals surface area contributed by atoms with E-state index in [9.17, 15) is 4.79 Å². The van der Waals surface area contributed by atoms with E-state index in [0.29, 0.717) is 24.3 Å². The number of nitrogens with zero attached hydrogens (tertiary/aromatic N) is 1. The van der Waals surface area contributed by atoms with Crippen molar-refractivity contribution in [3.05, 3.63) is 0 Å². The molecule has 0 bridgehead atoms. The van der Waals surface area contributed by atoms with E-state index in [2.05, 4.69) is 20.9 Å². The van der Waals surface area contributed by atoms with Crippen molar-refractivity contribution < 1.29 is 4.79 Å². The second-order valence-electron chi connectivity index (χ2n) is 5.81. The molecule has 1 unspecified atom stereocenters. The smallest absolute Gasteiger partial charge is 0.221 e. The summed E-state index contributed by atoms with van der Waals surface area (Å²) in [6.45, 7) is 1.59. The van der Waals surface area contributed by atoms with Gasteiger partial charge in [0.05, 0.1) is 0 Å². The Labute approximate surface area is 132 Å². The summed E-state index contributed by atoms with van der Waals surface area (Å²) in [5.41, 5.74) is 0. The van der Waals surface area contributed by atoms with Crippen molar-refractivity contribution >= 4 is 23.6 Å². The molecule has 1 atom stereocenters. The van der Waals surface area contributed by atoms with Gasteiger partial charge in [0.25, 0.3) is 0 Å². The Balaban J connectivity index is 1.55. The normalized spacial score (nSPS) is 23.3. The van der Waals surface area contributed by atoms with Gasteiger partial charge in [-0.05, 0) is 31.4 Å². The van der Waals surface area contributed by atoms with Crippen molar-refractivity contribution in [1.82, 2.24) is 16.0 Å². The summed E-state index contributed by atoms with van der Waals surface area (Å²) in [5.74, 6) is 2.23. The molecule has 120 valence electrons. The van der Waals surface area contributed by atoms with Crippen molar-refractivity contribution in [3.63, 3.8) is 0 Å². The lowest BCUT2D eigenvalue weighted by atomic mass is 10.2. The standard InChI is InChI=1S/C15H28N4OS/c1-16-15(18-11-13-7-4-10-21-13)17-9-8-14(20)19-12-5-2-3-6-12/h12-13H,2-11H2,1H3,(H,19,20)(H2,16,17,18). The van der Waals surface area contributed by atoms with Gasteiger partial charge in [-0.2, -0.15) is 11.8 Å². The summed E-state index contributed by atoms with van der Waals surface area (Å²) >= 11 is 2.03. The minimum Gasteiger partial charge on any atom is -0.356 e. The topological polar surface area (TPSA) is 65.5 Å². The fourth-order valence-corrected chi connectivity index (χ4v) is 4.10. The number of nitrogens with one attached hydrogen (secondary N) is 3. The van der Waals surface area contributed by atoms with Crippen LogP contribution < -0.4 is 16.0 Å². The third-order valence-corrected chi connectivity index (χ3v) is 5.51. The number of rotatable bonds is 6. The Morgan fingerprint density at radius 3 is 2.67 bits per heavy atom. The predicted octanol–water partition coefficient (Wildman–Crippen LogP) is 1.50. The Morgan fingerprint density at radius 1 is 1.19 bits per heavy atom. The molecule has 0 aromatic carbocycles. The van der Waals surface area contributed by atoms with Gasteiger partial charge in [-0.1, -0.05) is 12.8 Å². The van der Waals surface area contributed by atoms with Crippen LogP contribution in [0.15, 0.2) is 4.99 Å². The second kappa shape index (κ2) is 9.18. The number of carbonyl (C=O) groups excluding carboxylic acids is 1. The fourth-order valence-electron chi connectivity index (χ4n) is 2.90. The molecule has 0 spiro atoms. The maximum Gasteiger partial charge on any atom is 0.221 e. The first kappa shape index (κ1) is 16.5. The average Bonchev–Trinajstić information content (AvgIpc) is 3.15. The van der Waals surface area contributed by atoms with Gasteiger partial charge in [0, 0.05) is 37.8 Å². The lowest BCUT2D eigenvalue weighted by Gasteiger charge is -2.15. The Bertz CT molecular complexity index is 350. The van der Waals surface area contributed by atoms with Gasteiger partial charge in [-0.3, -0.25) is 9.79 Å². The lowest BCUT2D eigenvalue weighted by molar-refractivity contribution is -0.121. The van der Waals surface area contributed by atoms with Gasteiger partial charge in [0.1, 0.15) is 0 Å². The van der Waals surface area contributed by atoms with Crippen LogP contribution in [0.2, 0.25) is 0 Å². The number of amides is 1. The van der Waals surface area contributed by atoms with Crippen molar-refractivity contribution in [3.8, 4) is 0 Å². The zero-order valence-electron chi connectivity index (χ0n) is 13.0. The van der Waals surface area contributed by atoms with Gasteiger partial charge < -0.3 is 16.0 Å². The molecule has 0 radical (unpaired) electrons. The first-order valence-electron chi connectivity index (χ1n) is 8.13. The van der Waals surface area contributed by atoms with E-state index >= 15 is 0 Å². The summed E-state index contributed by atoms with van der Waals surface area (Å²) in [6.07, 6.45) is 7.90. The number of carbonyl (C=O) groups is 1. The van der Waals surface area contributed by atoms with E-state index in [4.69, 9.17) is 0 Å². The SMILES string of the molecule is CN=C(NCCC(=O)NC1CCCC1)NCC1CCCS1. The number of guanidine groups is 1. The highest BCUT2D eigenvalue weighted by Gasteiger charge is 2.17. The van der Waals surface area contributed by atoms with E-state index in [-0.39, 0.29) is 5.91 Å². The molecule has 2 aliphatic rings. The minimum absolute atomic E-state index is 0.149. The van der Waals surface area contributed by atoms with E-state index < -0.39 is 0 Å². The molecule has 1 saturated heterocycles. The Kier molecular flexibility index (Phi) is 7.19. The number of hydrogen-bond acceptors (Lipinski definition) is 3.